The fourth-order valence-electron chi connectivity index (χ4n) is 2.20. The third-order valence-corrected chi connectivity index (χ3v) is 4.10. The molecule has 2 aromatic carbocycles. The van der Waals surface area contributed by atoms with Gasteiger partial charge >= 0.3 is 0 Å². The van der Waals surface area contributed by atoms with Crippen LogP contribution in [-0.4, -0.2) is 9.55 Å². The molecule has 0 radical (unpaired) electrons. The average molecular weight is 326 g/mol. The molecule has 0 amide bonds. The molecule has 0 fully saturated rings. The van der Waals surface area contributed by atoms with E-state index in [-0.39, 0.29) is 0 Å². The van der Waals surface area contributed by atoms with E-state index in [0.29, 0.717) is 10.9 Å². The molecule has 3 rings (SSSR count). The third-order valence-electron chi connectivity index (χ3n) is 3.22. The molecule has 0 aliphatic rings. The number of nitrogens with zero attached hydrogens (tertiary/aromatic N) is 2. The summed E-state index contributed by atoms with van der Waals surface area (Å²) in [6.45, 7) is 1.97. The zero-order valence-corrected chi connectivity index (χ0v) is 13.0. The maximum absolute atomic E-state index is 6.21. The highest BCUT2D eigenvalue weighted by Crippen LogP contribution is 2.27. The Balaban J connectivity index is 2.30. The SMILES string of the molecule is Cc1ccc(-n2c(CCl)nc3cc(Cl)ccc32)cc1Cl. The minimum Gasteiger partial charge on any atom is -0.295 e. The van der Waals surface area contributed by atoms with Crippen molar-refractivity contribution in [3.8, 4) is 5.69 Å². The summed E-state index contributed by atoms with van der Waals surface area (Å²) in [5.41, 5.74) is 3.77. The van der Waals surface area contributed by atoms with Gasteiger partial charge in [-0.2, -0.15) is 0 Å². The van der Waals surface area contributed by atoms with Gasteiger partial charge in [0.15, 0.2) is 0 Å². The second-order valence-electron chi connectivity index (χ2n) is 4.56. The third kappa shape index (κ3) is 2.28. The highest BCUT2D eigenvalue weighted by Gasteiger charge is 2.12. The number of aryl methyl sites for hydroxylation is 1. The molecule has 0 bridgehead atoms. The Kier molecular flexibility index (Phi) is 3.63. The van der Waals surface area contributed by atoms with Crippen molar-refractivity contribution >= 4 is 45.8 Å². The summed E-state index contributed by atoms with van der Waals surface area (Å²) in [6.07, 6.45) is 0. The van der Waals surface area contributed by atoms with Crippen LogP contribution in [0.1, 0.15) is 11.4 Å². The van der Waals surface area contributed by atoms with E-state index in [2.05, 4.69) is 4.98 Å². The molecule has 0 N–H and O–H groups in total. The second-order valence-corrected chi connectivity index (χ2v) is 5.67. The minimum atomic E-state index is 0.317. The number of hydrogen-bond donors (Lipinski definition) is 0. The van der Waals surface area contributed by atoms with E-state index in [4.69, 9.17) is 34.8 Å². The molecule has 102 valence electrons. The molecule has 0 aliphatic carbocycles. The first kappa shape index (κ1) is 13.7. The summed E-state index contributed by atoms with van der Waals surface area (Å²) in [4.78, 5) is 4.52. The van der Waals surface area contributed by atoms with Crippen LogP contribution in [0.4, 0.5) is 0 Å². The van der Waals surface area contributed by atoms with Crippen molar-refractivity contribution in [3.63, 3.8) is 0 Å². The van der Waals surface area contributed by atoms with Crippen molar-refractivity contribution in [2.75, 3.05) is 0 Å². The van der Waals surface area contributed by atoms with Crippen LogP contribution < -0.4 is 0 Å². The maximum Gasteiger partial charge on any atom is 0.129 e. The Morgan fingerprint density at radius 3 is 2.60 bits per heavy atom. The van der Waals surface area contributed by atoms with Crippen LogP contribution in [0.25, 0.3) is 16.7 Å². The lowest BCUT2D eigenvalue weighted by atomic mass is 10.2. The summed E-state index contributed by atoms with van der Waals surface area (Å²) in [7, 11) is 0. The minimum absolute atomic E-state index is 0.317. The first-order valence-electron chi connectivity index (χ1n) is 6.09. The van der Waals surface area contributed by atoms with Gasteiger partial charge in [0.1, 0.15) is 5.82 Å². The topological polar surface area (TPSA) is 17.8 Å². The summed E-state index contributed by atoms with van der Waals surface area (Å²) >= 11 is 18.2. The van der Waals surface area contributed by atoms with E-state index in [1.807, 2.05) is 47.9 Å². The van der Waals surface area contributed by atoms with E-state index < -0.39 is 0 Å². The van der Waals surface area contributed by atoms with Gasteiger partial charge in [-0.3, -0.25) is 4.57 Å². The van der Waals surface area contributed by atoms with E-state index >= 15 is 0 Å². The number of imidazole rings is 1. The molecule has 20 heavy (non-hydrogen) atoms. The Morgan fingerprint density at radius 2 is 1.90 bits per heavy atom. The Bertz CT molecular complexity index is 793. The molecular weight excluding hydrogens is 315 g/mol. The van der Waals surface area contributed by atoms with Gasteiger partial charge in [0, 0.05) is 15.7 Å². The van der Waals surface area contributed by atoms with Gasteiger partial charge in [-0.05, 0) is 42.8 Å². The fourth-order valence-corrected chi connectivity index (χ4v) is 2.72. The number of benzene rings is 2. The molecule has 0 aliphatic heterocycles. The van der Waals surface area contributed by atoms with E-state index in [9.17, 15) is 0 Å². The zero-order valence-electron chi connectivity index (χ0n) is 10.7. The van der Waals surface area contributed by atoms with E-state index in [0.717, 1.165) is 33.1 Å². The molecule has 0 spiro atoms. The van der Waals surface area contributed by atoms with Gasteiger partial charge in [0.25, 0.3) is 0 Å². The van der Waals surface area contributed by atoms with Crippen LogP contribution in [0.3, 0.4) is 0 Å². The molecule has 1 heterocycles. The van der Waals surface area contributed by atoms with Crippen LogP contribution in [0.15, 0.2) is 36.4 Å². The molecule has 0 saturated carbocycles. The smallest absolute Gasteiger partial charge is 0.129 e. The van der Waals surface area contributed by atoms with Gasteiger partial charge in [-0.25, -0.2) is 4.98 Å². The lowest BCUT2D eigenvalue weighted by molar-refractivity contribution is 0.981. The zero-order chi connectivity index (χ0) is 14.3. The summed E-state index contributed by atoms with van der Waals surface area (Å²) < 4.78 is 2.00. The predicted molar refractivity (Wildman–Crippen MR) is 85.4 cm³/mol. The van der Waals surface area contributed by atoms with Crippen LogP contribution in [0.5, 0.6) is 0 Å². The van der Waals surface area contributed by atoms with E-state index in [1.165, 1.54) is 0 Å². The Labute approximate surface area is 131 Å². The van der Waals surface area contributed by atoms with Crippen molar-refractivity contribution in [1.29, 1.82) is 0 Å². The Morgan fingerprint density at radius 1 is 1.10 bits per heavy atom. The van der Waals surface area contributed by atoms with Gasteiger partial charge in [0.05, 0.1) is 16.9 Å². The van der Waals surface area contributed by atoms with Crippen LogP contribution >= 0.6 is 34.8 Å². The lowest BCUT2D eigenvalue weighted by Gasteiger charge is -2.09. The molecular formula is C15H11Cl3N2. The lowest BCUT2D eigenvalue weighted by Crippen LogP contribution is -1.99. The van der Waals surface area contributed by atoms with Crippen molar-refractivity contribution in [1.82, 2.24) is 9.55 Å². The number of rotatable bonds is 2. The van der Waals surface area contributed by atoms with Crippen LogP contribution in [0, 0.1) is 6.92 Å². The quantitative estimate of drug-likeness (QED) is 0.578. The van der Waals surface area contributed by atoms with Gasteiger partial charge in [-0.1, -0.05) is 29.3 Å². The second kappa shape index (κ2) is 5.28. The molecule has 0 atom stereocenters. The number of fused-ring (bicyclic) bond motifs is 1. The van der Waals surface area contributed by atoms with Crippen molar-refractivity contribution in [2.24, 2.45) is 0 Å². The number of hydrogen-bond acceptors (Lipinski definition) is 1. The van der Waals surface area contributed by atoms with Crippen molar-refractivity contribution in [3.05, 3.63) is 57.8 Å². The summed E-state index contributed by atoms with van der Waals surface area (Å²) in [5.74, 6) is 1.08. The molecule has 2 nitrogen and oxygen atoms in total. The number of alkyl halides is 1. The highest BCUT2D eigenvalue weighted by molar-refractivity contribution is 6.31. The maximum atomic E-state index is 6.21. The van der Waals surface area contributed by atoms with Gasteiger partial charge in [-0.15, -0.1) is 11.6 Å². The largest absolute Gasteiger partial charge is 0.295 e. The Hall–Kier alpha value is -1.22. The highest BCUT2D eigenvalue weighted by atomic mass is 35.5. The first-order valence-corrected chi connectivity index (χ1v) is 7.38. The van der Waals surface area contributed by atoms with Crippen molar-refractivity contribution in [2.45, 2.75) is 12.8 Å². The molecule has 0 saturated heterocycles. The standard InChI is InChI=1S/C15H11Cl3N2/c1-9-2-4-11(7-12(9)18)20-14-5-3-10(17)6-13(14)19-15(20)8-16/h2-7H,8H2,1H3. The predicted octanol–water partition coefficient (Wildman–Crippen LogP) is 5.38. The normalized spacial score (nSPS) is 11.2. The summed E-state index contributed by atoms with van der Waals surface area (Å²) in [5, 5.41) is 1.38. The first-order chi connectivity index (χ1) is 9.60. The fraction of sp³-hybridized carbons (Fsp3) is 0.133. The van der Waals surface area contributed by atoms with Gasteiger partial charge in [0.2, 0.25) is 0 Å². The molecule has 1 aromatic heterocycles. The molecule has 0 unspecified atom stereocenters. The average Bonchev–Trinajstić information content (AvgIpc) is 2.79. The van der Waals surface area contributed by atoms with Gasteiger partial charge < -0.3 is 0 Å². The summed E-state index contributed by atoms with van der Waals surface area (Å²) in [6, 6.07) is 11.5. The van der Waals surface area contributed by atoms with Crippen LogP contribution in [-0.2, 0) is 5.88 Å². The monoisotopic (exact) mass is 324 g/mol. The number of aromatic nitrogens is 2. The van der Waals surface area contributed by atoms with Crippen LogP contribution in [0.2, 0.25) is 10.0 Å². The van der Waals surface area contributed by atoms with E-state index in [1.54, 1.807) is 0 Å². The molecule has 3 aromatic rings. The van der Waals surface area contributed by atoms with Crippen molar-refractivity contribution < 1.29 is 0 Å². The number of halogens is 3. The molecule has 5 heteroatoms.